The summed E-state index contributed by atoms with van der Waals surface area (Å²) in [5, 5.41) is 5.66. The third-order valence-electron chi connectivity index (χ3n) is 5.55. The van der Waals surface area contributed by atoms with Crippen LogP contribution in [0, 0.1) is 0 Å². The first-order valence-corrected chi connectivity index (χ1v) is 9.99. The third kappa shape index (κ3) is 3.88. The van der Waals surface area contributed by atoms with Crippen LogP contribution in [-0.4, -0.2) is 51.3 Å². The van der Waals surface area contributed by atoms with Crippen LogP contribution in [0.25, 0.3) is 0 Å². The van der Waals surface area contributed by atoms with Crippen LogP contribution in [0.3, 0.4) is 0 Å². The van der Waals surface area contributed by atoms with E-state index in [-0.39, 0.29) is 11.9 Å². The molecule has 2 aliphatic rings. The van der Waals surface area contributed by atoms with Gasteiger partial charge >= 0.3 is 6.03 Å². The number of nitrogens with zero attached hydrogens (tertiary/aromatic N) is 1. The van der Waals surface area contributed by atoms with Crippen molar-refractivity contribution in [3.8, 4) is 17.2 Å². The molecule has 0 aliphatic carbocycles. The lowest BCUT2D eigenvalue weighted by Gasteiger charge is -2.26. The second kappa shape index (κ2) is 8.59. The highest BCUT2D eigenvalue weighted by molar-refractivity contribution is 6.01. The molecule has 0 unspecified atom stereocenters. The Kier molecular flexibility index (Phi) is 5.70. The van der Waals surface area contributed by atoms with Crippen LogP contribution in [0.15, 0.2) is 53.7 Å². The van der Waals surface area contributed by atoms with Crippen LogP contribution in [0.2, 0.25) is 0 Å². The lowest BCUT2D eigenvalue weighted by atomic mass is 9.95. The highest BCUT2D eigenvalue weighted by Gasteiger charge is 2.40. The summed E-state index contributed by atoms with van der Waals surface area (Å²) in [6.45, 7) is 0.934. The van der Waals surface area contributed by atoms with Crippen LogP contribution < -0.4 is 24.8 Å². The van der Waals surface area contributed by atoms with Gasteiger partial charge in [0.05, 0.1) is 45.2 Å². The van der Waals surface area contributed by atoms with Crippen LogP contribution >= 0.6 is 0 Å². The fourth-order valence-corrected chi connectivity index (χ4v) is 4.04. The maximum absolute atomic E-state index is 13.3. The Labute approximate surface area is 180 Å². The molecule has 0 radical (unpaired) electrons. The van der Waals surface area contributed by atoms with E-state index in [2.05, 4.69) is 10.6 Å². The van der Waals surface area contributed by atoms with Gasteiger partial charge < -0.3 is 29.7 Å². The zero-order valence-electron chi connectivity index (χ0n) is 17.7. The summed E-state index contributed by atoms with van der Waals surface area (Å²) < 4.78 is 16.3. The van der Waals surface area contributed by atoms with Crippen molar-refractivity contribution >= 4 is 11.9 Å². The summed E-state index contributed by atoms with van der Waals surface area (Å²) in [7, 11) is 4.58. The topological polar surface area (TPSA) is 89.1 Å². The predicted octanol–water partition coefficient (Wildman–Crippen LogP) is 2.41. The van der Waals surface area contributed by atoms with Crippen molar-refractivity contribution in [1.82, 2.24) is 15.5 Å². The smallest absolute Gasteiger partial charge is 0.319 e. The quantitative estimate of drug-likeness (QED) is 0.714. The monoisotopic (exact) mass is 423 g/mol. The number of hydrogen-bond donors (Lipinski definition) is 2. The Morgan fingerprint density at radius 3 is 2.29 bits per heavy atom. The number of carbonyl (C=O) groups is 2. The van der Waals surface area contributed by atoms with Crippen molar-refractivity contribution in [1.29, 1.82) is 0 Å². The van der Waals surface area contributed by atoms with Gasteiger partial charge in [0.25, 0.3) is 5.91 Å². The number of ether oxygens (including phenoxy) is 3. The number of methoxy groups -OCH3 is 3. The highest BCUT2D eigenvalue weighted by atomic mass is 16.5. The van der Waals surface area contributed by atoms with Crippen molar-refractivity contribution in [2.24, 2.45) is 0 Å². The van der Waals surface area contributed by atoms with Crippen molar-refractivity contribution in [2.45, 2.75) is 12.5 Å². The molecule has 1 atom stereocenters. The van der Waals surface area contributed by atoms with E-state index in [0.29, 0.717) is 47.2 Å². The lowest BCUT2D eigenvalue weighted by molar-refractivity contribution is -0.125. The first-order chi connectivity index (χ1) is 15.0. The van der Waals surface area contributed by atoms with Crippen molar-refractivity contribution in [3.05, 3.63) is 64.9 Å². The molecule has 8 heteroatoms. The minimum absolute atomic E-state index is 0.0998. The summed E-state index contributed by atoms with van der Waals surface area (Å²) in [4.78, 5) is 27.4. The van der Waals surface area contributed by atoms with Gasteiger partial charge in [-0.3, -0.25) is 4.79 Å². The highest BCUT2D eigenvalue weighted by Crippen LogP contribution is 2.42. The van der Waals surface area contributed by atoms with Gasteiger partial charge in [-0.1, -0.05) is 30.3 Å². The Balaban J connectivity index is 1.63. The molecule has 3 amide bonds. The summed E-state index contributed by atoms with van der Waals surface area (Å²) in [5.41, 5.74) is 2.99. The Hall–Kier alpha value is -3.68. The zero-order valence-corrected chi connectivity index (χ0v) is 17.7. The second-order valence-electron chi connectivity index (χ2n) is 7.34. The van der Waals surface area contributed by atoms with Gasteiger partial charge in [0.2, 0.25) is 5.75 Å². The molecule has 0 aromatic heterocycles. The molecule has 0 saturated carbocycles. The predicted molar refractivity (Wildman–Crippen MR) is 114 cm³/mol. The number of hydrogen-bond acceptors (Lipinski definition) is 5. The SMILES string of the molecule is COc1cc([C@H]2NC(=O)NC3=C2C(=O)N(CCc2ccccc2)C3)cc(OC)c1OC. The Bertz CT molecular complexity index is 1010. The van der Waals surface area contributed by atoms with Gasteiger partial charge in [-0.2, -0.15) is 0 Å². The minimum atomic E-state index is -0.619. The molecule has 2 aromatic rings. The van der Waals surface area contributed by atoms with Crippen molar-refractivity contribution < 1.29 is 23.8 Å². The van der Waals surface area contributed by atoms with Crippen LogP contribution in [0.5, 0.6) is 17.2 Å². The first-order valence-electron chi connectivity index (χ1n) is 9.99. The molecule has 4 rings (SSSR count). The summed E-state index contributed by atoms with van der Waals surface area (Å²) in [5.74, 6) is 1.26. The van der Waals surface area contributed by atoms with Gasteiger partial charge in [0.1, 0.15) is 0 Å². The lowest BCUT2D eigenvalue weighted by Crippen LogP contribution is -2.44. The molecule has 0 bridgehead atoms. The van der Waals surface area contributed by atoms with Gasteiger partial charge in [0.15, 0.2) is 11.5 Å². The zero-order chi connectivity index (χ0) is 22.0. The van der Waals surface area contributed by atoms with E-state index in [1.807, 2.05) is 30.3 Å². The van der Waals surface area contributed by atoms with Crippen LogP contribution in [0.4, 0.5) is 4.79 Å². The average Bonchev–Trinajstić information content (AvgIpc) is 3.11. The minimum Gasteiger partial charge on any atom is -0.493 e. The van der Waals surface area contributed by atoms with E-state index in [1.165, 1.54) is 21.3 Å². The van der Waals surface area contributed by atoms with E-state index < -0.39 is 6.04 Å². The number of benzene rings is 2. The van der Waals surface area contributed by atoms with E-state index in [9.17, 15) is 9.59 Å². The standard InChI is InChI=1S/C23H25N3O5/c1-29-17-11-15(12-18(30-2)21(17)31-3)20-19-16(24-23(28)25-20)13-26(22(19)27)10-9-14-7-5-4-6-8-14/h4-8,11-12,20H,9-10,13H2,1-3H3,(H2,24,25,28)/t20-/m1/s1. The first kappa shape index (κ1) is 20.6. The number of rotatable bonds is 7. The number of nitrogens with one attached hydrogen (secondary N) is 2. The molecule has 0 fully saturated rings. The largest absolute Gasteiger partial charge is 0.493 e. The fourth-order valence-electron chi connectivity index (χ4n) is 4.04. The second-order valence-corrected chi connectivity index (χ2v) is 7.34. The van der Waals surface area contributed by atoms with Gasteiger partial charge in [0, 0.05) is 6.54 Å². The van der Waals surface area contributed by atoms with E-state index >= 15 is 0 Å². The maximum Gasteiger partial charge on any atom is 0.319 e. The normalized spacial score (nSPS) is 17.8. The molecule has 2 aromatic carbocycles. The van der Waals surface area contributed by atoms with Gasteiger partial charge in [-0.25, -0.2) is 4.79 Å². The molecule has 0 saturated heterocycles. The maximum atomic E-state index is 13.3. The molecule has 31 heavy (non-hydrogen) atoms. The fraction of sp³-hybridized carbons (Fsp3) is 0.304. The van der Waals surface area contributed by atoms with Crippen molar-refractivity contribution in [3.63, 3.8) is 0 Å². The van der Waals surface area contributed by atoms with E-state index in [0.717, 1.165) is 12.0 Å². The summed E-state index contributed by atoms with van der Waals surface area (Å²) in [6, 6.07) is 12.5. The van der Waals surface area contributed by atoms with Gasteiger partial charge in [-0.05, 0) is 29.7 Å². The number of amides is 3. The van der Waals surface area contributed by atoms with Gasteiger partial charge in [-0.15, -0.1) is 0 Å². The van der Waals surface area contributed by atoms with E-state index in [1.54, 1.807) is 17.0 Å². The Morgan fingerprint density at radius 2 is 1.68 bits per heavy atom. The van der Waals surface area contributed by atoms with Crippen LogP contribution in [0.1, 0.15) is 17.2 Å². The van der Waals surface area contributed by atoms with Crippen LogP contribution in [-0.2, 0) is 11.2 Å². The van der Waals surface area contributed by atoms with E-state index in [4.69, 9.17) is 14.2 Å². The molecule has 8 nitrogen and oxygen atoms in total. The third-order valence-corrected chi connectivity index (χ3v) is 5.55. The molecule has 2 N–H and O–H groups in total. The molecular formula is C23H25N3O5. The summed E-state index contributed by atoms with van der Waals surface area (Å²) >= 11 is 0. The molecule has 2 heterocycles. The molecular weight excluding hydrogens is 398 g/mol. The molecule has 2 aliphatic heterocycles. The molecule has 162 valence electrons. The number of urea groups is 1. The number of carbonyl (C=O) groups excluding carboxylic acids is 2. The Morgan fingerprint density at radius 1 is 1.00 bits per heavy atom. The molecule has 0 spiro atoms. The average molecular weight is 423 g/mol. The van der Waals surface area contributed by atoms with Crippen molar-refractivity contribution in [2.75, 3.05) is 34.4 Å². The summed E-state index contributed by atoms with van der Waals surface area (Å²) in [6.07, 6.45) is 0.739.